The van der Waals surface area contributed by atoms with E-state index in [0.29, 0.717) is 5.75 Å². The fourth-order valence-corrected chi connectivity index (χ4v) is 1.86. The number of non-ortho nitro benzene ring substituents is 1. The number of nitro benzene ring substituents is 1. The third-order valence-electron chi connectivity index (χ3n) is 2.72. The van der Waals surface area contributed by atoms with Crippen LogP contribution in [0.5, 0.6) is 11.5 Å². The highest BCUT2D eigenvalue weighted by atomic mass is 79.9. The highest BCUT2D eigenvalue weighted by molar-refractivity contribution is 9.10. The Kier molecular flexibility index (Phi) is 5.11. The van der Waals surface area contributed by atoms with Crippen molar-refractivity contribution in [1.82, 2.24) is 0 Å². The van der Waals surface area contributed by atoms with E-state index in [4.69, 9.17) is 9.47 Å². The van der Waals surface area contributed by atoms with Crippen LogP contribution >= 0.6 is 15.9 Å². The molecule has 7 heteroatoms. The Morgan fingerprint density at radius 2 is 1.64 bits per heavy atom. The average Bonchev–Trinajstić information content (AvgIpc) is 2.50. The summed E-state index contributed by atoms with van der Waals surface area (Å²) in [6.45, 7) is 1.57. The Hall–Kier alpha value is -2.41. The number of rotatable bonds is 5. The first-order chi connectivity index (χ1) is 10.5. The number of hydrogen-bond donors (Lipinski definition) is 0. The minimum absolute atomic E-state index is 0.0704. The molecular formula is C15H12BrNO5. The van der Waals surface area contributed by atoms with E-state index in [1.807, 2.05) is 0 Å². The molecule has 2 rings (SSSR count). The quantitative estimate of drug-likeness (QED) is 0.349. The number of esters is 1. The molecule has 22 heavy (non-hydrogen) atoms. The van der Waals surface area contributed by atoms with Gasteiger partial charge in [-0.25, -0.2) is 4.79 Å². The molecule has 0 saturated heterocycles. The third kappa shape index (κ3) is 4.29. The summed E-state index contributed by atoms with van der Waals surface area (Å²) >= 11 is 3.31. The zero-order chi connectivity index (χ0) is 16.1. The van der Waals surface area contributed by atoms with Crippen LogP contribution in [0.3, 0.4) is 0 Å². The van der Waals surface area contributed by atoms with Gasteiger partial charge in [0, 0.05) is 16.6 Å². The Labute approximate surface area is 134 Å². The van der Waals surface area contributed by atoms with Gasteiger partial charge >= 0.3 is 5.97 Å². The van der Waals surface area contributed by atoms with Crippen LogP contribution in [0, 0.1) is 10.1 Å². The van der Waals surface area contributed by atoms with Crippen molar-refractivity contribution in [1.29, 1.82) is 0 Å². The van der Waals surface area contributed by atoms with Crippen LogP contribution < -0.4 is 9.47 Å². The van der Waals surface area contributed by atoms with E-state index >= 15 is 0 Å². The van der Waals surface area contributed by atoms with Gasteiger partial charge in [-0.3, -0.25) is 10.1 Å². The Morgan fingerprint density at radius 3 is 2.18 bits per heavy atom. The number of ether oxygens (including phenoxy) is 2. The molecule has 0 aliphatic heterocycles. The molecule has 0 spiro atoms. The molecule has 6 nitrogen and oxygen atoms in total. The minimum Gasteiger partial charge on any atom is -0.479 e. The summed E-state index contributed by atoms with van der Waals surface area (Å²) in [6.07, 6.45) is -0.809. The predicted octanol–water partition coefficient (Wildman–Crippen LogP) is 3.73. The number of carbonyl (C=O) groups is 1. The van der Waals surface area contributed by atoms with Crippen LogP contribution in [-0.4, -0.2) is 17.0 Å². The van der Waals surface area contributed by atoms with Crippen molar-refractivity contribution in [2.45, 2.75) is 13.0 Å². The number of hydrogen-bond acceptors (Lipinski definition) is 5. The van der Waals surface area contributed by atoms with Crippen LogP contribution in [-0.2, 0) is 4.79 Å². The first-order valence-corrected chi connectivity index (χ1v) is 7.13. The van der Waals surface area contributed by atoms with E-state index in [9.17, 15) is 14.9 Å². The summed E-state index contributed by atoms with van der Waals surface area (Å²) < 4.78 is 11.5. The lowest BCUT2D eigenvalue weighted by Crippen LogP contribution is -2.28. The molecular weight excluding hydrogens is 354 g/mol. The lowest BCUT2D eigenvalue weighted by molar-refractivity contribution is -0.384. The molecule has 0 N–H and O–H groups in total. The average molecular weight is 366 g/mol. The number of nitro groups is 1. The van der Waals surface area contributed by atoms with E-state index in [1.54, 1.807) is 31.2 Å². The Balaban J connectivity index is 1.95. The molecule has 0 saturated carbocycles. The third-order valence-corrected chi connectivity index (χ3v) is 3.25. The van der Waals surface area contributed by atoms with Crippen LogP contribution in [0.25, 0.3) is 0 Å². The molecule has 0 aliphatic carbocycles. The summed E-state index contributed by atoms with van der Waals surface area (Å²) in [4.78, 5) is 21.9. The summed E-state index contributed by atoms with van der Waals surface area (Å²) in [6, 6.07) is 12.3. The normalized spacial score (nSPS) is 11.5. The number of carbonyl (C=O) groups excluding carboxylic acids is 1. The number of halogens is 1. The highest BCUT2D eigenvalue weighted by Crippen LogP contribution is 2.20. The van der Waals surface area contributed by atoms with Gasteiger partial charge in [-0.15, -0.1) is 0 Å². The van der Waals surface area contributed by atoms with Crippen LogP contribution in [0.1, 0.15) is 6.92 Å². The van der Waals surface area contributed by atoms with E-state index in [-0.39, 0.29) is 11.4 Å². The van der Waals surface area contributed by atoms with Gasteiger partial charge in [-0.2, -0.15) is 0 Å². The first-order valence-electron chi connectivity index (χ1n) is 6.34. The smallest absolute Gasteiger partial charge is 0.352 e. The van der Waals surface area contributed by atoms with Gasteiger partial charge in [0.1, 0.15) is 11.5 Å². The molecule has 0 aromatic heterocycles. The molecule has 0 fully saturated rings. The monoisotopic (exact) mass is 365 g/mol. The van der Waals surface area contributed by atoms with Crippen molar-refractivity contribution in [2.75, 3.05) is 0 Å². The summed E-state index contributed by atoms with van der Waals surface area (Å²) in [5.74, 6) is 0.176. The van der Waals surface area contributed by atoms with Gasteiger partial charge in [0.15, 0.2) is 6.10 Å². The van der Waals surface area contributed by atoms with Gasteiger partial charge < -0.3 is 9.47 Å². The summed E-state index contributed by atoms with van der Waals surface area (Å²) in [5.41, 5.74) is -0.0704. The maximum atomic E-state index is 11.9. The summed E-state index contributed by atoms with van der Waals surface area (Å²) in [7, 11) is 0. The predicted molar refractivity (Wildman–Crippen MR) is 83.0 cm³/mol. The fourth-order valence-electron chi connectivity index (χ4n) is 1.60. The van der Waals surface area contributed by atoms with Gasteiger partial charge in [0.2, 0.25) is 0 Å². The van der Waals surface area contributed by atoms with Crippen molar-refractivity contribution in [3.05, 3.63) is 63.1 Å². The standard InChI is InChI=1S/C15H12BrNO5/c1-10(21-13-6-2-11(16)3-7-13)15(18)22-14-8-4-12(5-9-14)17(19)20/h2-10H,1H3. The zero-order valence-corrected chi connectivity index (χ0v) is 13.1. The van der Waals surface area contributed by atoms with Crippen molar-refractivity contribution in [2.24, 2.45) is 0 Å². The zero-order valence-electron chi connectivity index (χ0n) is 11.6. The topological polar surface area (TPSA) is 78.7 Å². The second-order valence-electron chi connectivity index (χ2n) is 4.39. The fraction of sp³-hybridized carbons (Fsp3) is 0.133. The van der Waals surface area contributed by atoms with Gasteiger partial charge in [0.25, 0.3) is 5.69 Å². The minimum atomic E-state index is -0.809. The van der Waals surface area contributed by atoms with Crippen LogP contribution in [0.15, 0.2) is 53.0 Å². The van der Waals surface area contributed by atoms with E-state index in [2.05, 4.69) is 15.9 Å². The number of benzene rings is 2. The molecule has 0 heterocycles. The lowest BCUT2D eigenvalue weighted by atomic mass is 10.3. The van der Waals surface area contributed by atoms with Crippen molar-refractivity contribution in [3.63, 3.8) is 0 Å². The Morgan fingerprint density at radius 1 is 1.09 bits per heavy atom. The largest absolute Gasteiger partial charge is 0.479 e. The lowest BCUT2D eigenvalue weighted by Gasteiger charge is -2.13. The second-order valence-corrected chi connectivity index (χ2v) is 5.30. The maximum absolute atomic E-state index is 11.9. The van der Waals surface area contributed by atoms with E-state index in [1.165, 1.54) is 24.3 Å². The molecule has 114 valence electrons. The van der Waals surface area contributed by atoms with Crippen LogP contribution in [0.4, 0.5) is 5.69 Å². The number of nitrogens with zero attached hydrogens (tertiary/aromatic N) is 1. The molecule has 2 aromatic carbocycles. The molecule has 0 aliphatic rings. The Bertz CT molecular complexity index is 669. The van der Waals surface area contributed by atoms with E-state index < -0.39 is 17.0 Å². The second kappa shape index (κ2) is 7.04. The molecule has 1 atom stereocenters. The SMILES string of the molecule is CC(Oc1ccc(Br)cc1)C(=O)Oc1ccc([N+](=O)[O-])cc1. The van der Waals surface area contributed by atoms with Crippen molar-refractivity contribution in [3.8, 4) is 11.5 Å². The highest BCUT2D eigenvalue weighted by Gasteiger charge is 2.17. The first kappa shape index (κ1) is 16.0. The molecule has 0 radical (unpaired) electrons. The maximum Gasteiger partial charge on any atom is 0.352 e. The molecule has 2 aromatic rings. The van der Waals surface area contributed by atoms with Crippen LogP contribution in [0.2, 0.25) is 0 Å². The van der Waals surface area contributed by atoms with Crippen molar-refractivity contribution >= 4 is 27.6 Å². The van der Waals surface area contributed by atoms with Gasteiger partial charge in [-0.05, 0) is 43.3 Å². The van der Waals surface area contributed by atoms with Crippen molar-refractivity contribution < 1.29 is 19.2 Å². The molecule has 0 bridgehead atoms. The van der Waals surface area contributed by atoms with Gasteiger partial charge in [0.05, 0.1) is 4.92 Å². The van der Waals surface area contributed by atoms with Gasteiger partial charge in [-0.1, -0.05) is 15.9 Å². The molecule has 1 unspecified atom stereocenters. The van der Waals surface area contributed by atoms with E-state index in [0.717, 1.165) is 4.47 Å². The molecule has 0 amide bonds. The summed E-state index contributed by atoms with van der Waals surface area (Å²) in [5, 5.41) is 10.5.